The summed E-state index contributed by atoms with van der Waals surface area (Å²) < 4.78 is 0. The molecule has 1 aromatic carbocycles. The second-order valence-corrected chi connectivity index (χ2v) is 4.31. The van der Waals surface area contributed by atoms with Crippen LogP contribution in [0.2, 0.25) is 0 Å². The lowest BCUT2D eigenvalue weighted by atomic mass is 10.1. The van der Waals surface area contributed by atoms with Crippen molar-refractivity contribution in [3.8, 4) is 0 Å². The summed E-state index contributed by atoms with van der Waals surface area (Å²) in [6.45, 7) is 3.17. The van der Waals surface area contributed by atoms with Crippen LogP contribution in [0, 0.1) is 0 Å². The second kappa shape index (κ2) is 7.53. The first-order valence-corrected chi connectivity index (χ1v) is 6.38. The SMILES string of the molecule is CCC(=O)Nc1cccc(C(=O)N(C)CCNC)c1. The third-order valence-corrected chi connectivity index (χ3v) is 2.76. The van der Waals surface area contributed by atoms with Crippen LogP contribution in [0.4, 0.5) is 5.69 Å². The lowest BCUT2D eigenvalue weighted by Crippen LogP contribution is -2.32. The summed E-state index contributed by atoms with van der Waals surface area (Å²) in [4.78, 5) is 25.1. The van der Waals surface area contributed by atoms with Gasteiger partial charge >= 0.3 is 0 Å². The number of benzene rings is 1. The normalized spacial score (nSPS) is 10.1. The fraction of sp³-hybridized carbons (Fsp3) is 0.429. The molecule has 2 N–H and O–H groups in total. The molecule has 0 aliphatic heterocycles. The molecule has 5 nitrogen and oxygen atoms in total. The molecule has 0 atom stereocenters. The van der Waals surface area contributed by atoms with Crippen molar-refractivity contribution < 1.29 is 9.59 Å². The number of hydrogen-bond donors (Lipinski definition) is 2. The van der Waals surface area contributed by atoms with E-state index in [1.54, 1.807) is 43.1 Å². The van der Waals surface area contributed by atoms with E-state index in [1.165, 1.54) is 0 Å². The van der Waals surface area contributed by atoms with Crippen LogP contribution >= 0.6 is 0 Å². The number of likely N-dealkylation sites (N-methyl/N-ethyl adjacent to an activating group) is 2. The predicted octanol–water partition coefficient (Wildman–Crippen LogP) is 1.33. The molecule has 0 aromatic heterocycles. The van der Waals surface area contributed by atoms with Crippen LogP contribution in [0.25, 0.3) is 0 Å². The molecule has 0 fully saturated rings. The molecular weight excluding hydrogens is 242 g/mol. The highest BCUT2D eigenvalue weighted by molar-refractivity contribution is 5.97. The Balaban J connectivity index is 2.75. The van der Waals surface area contributed by atoms with Crippen molar-refractivity contribution >= 4 is 17.5 Å². The fourth-order valence-electron chi connectivity index (χ4n) is 1.58. The van der Waals surface area contributed by atoms with E-state index in [9.17, 15) is 9.59 Å². The number of anilines is 1. The highest BCUT2D eigenvalue weighted by Gasteiger charge is 2.11. The van der Waals surface area contributed by atoms with Crippen LogP contribution in [-0.4, -0.2) is 43.9 Å². The van der Waals surface area contributed by atoms with E-state index in [2.05, 4.69) is 10.6 Å². The number of hydrogen-bond acceptors (Lipinski definition) is 3. The summed E-state index contributed by atoms with van der Waals surface area (Å²) >= 11 is 0. The lowest BCUT2D eigenvalue weighted by molar-refractivity contribution is -0.115. The Labute approximate surface area is 114 Å². The zero-order valence-electron chi connectivity index (χ0n) is 11.7. The zero-order valence-corrected chi connectivity index (χ0v) is 11.7. The van der Waals surface area contributed by atoms with Crippen molar-refractivity contribution in [3.63, 3.8) is 0 Å². The Bertz CT molecular complexity index is 446. The summed E-state index contributed by atoms with van der Waals surface area (Å²) in [5.41, 5.74) is 1.23. The van der Waals surface area contributed by atoms with Crippen molar-refractivity contribution in [2.45, 2.75) is 13.3 Å². The van der Waals surface area contributed by atoms with Crippen LogP contribution in [0.1, 0.15) is 23.7 Å². The molecule has 5 heteroatoms. The van der Waals surface area contributed by atoms with E-state index < -0.39 is 0 Å². The van der Waals surface area contributed by atoms with Gasteiger partial charge in [0.2, 0.25) is 5.91 Å². The molecular formula is C14H21N3O2. The Morgan fingerprint density at radius 2 is 2.05 bits per heavy atom. The average molecular weight is 263 g/mol. The molecule has 0 saturated carbocycles. The van der Waals surface area contributed by atoms with E-state index in [4.69, 9.17) is 0 Å². The van der Waals surface area contributed by atoms with E-state index in [0.717, 1.165) is 6.54 Å². The fourth-order valence-corrected chi connectivity index (χ4v) is 1.58. The van der Waals surface area contributed by atoms with E-state index >= 15 is 0 Å². The van der Waals surface area contributed by atoms with Gasteiger partial charge in [-0.25, -0.2) is 0 Å². The Kier molecular flexibility index (Phi) is 6.02. The molecule has 0 heterocycles. The standard InChI is InChI=1S/C14H21N3O2/c1-4-13(18)16-12-7-5-6-11(10-12)14(19)17(3)9-8-15-2/h5-7,10,15H,4,8-9H2,1-3H3,(H,16,18). The van der Waals surface area contributed by atoms with Gasteiger partial charge in [0.05, 0.1) is 0 Å². The zero-order chi connectivity index (χ0) is 14.3. The third kappa shape index (κ3) is 4.71. The topological polar surface area (TPSA) is 61.4 Å². The van der Waals surface area contributed by atoms with Crippen LogP contribution in [-0.2, 0) is 4.79 Å². The molecule has 0 aliphatic rings. The van der Waals surface area contributed by atoms with Crippen LogP contribution in [0.3, 0.4) is 0 Å². The highest BCUT2D eigenvalue weighted by Crippen LogP contribution is 2.12. The average Bonchev–Trinajstić information content (AvgIpc) is 2.44. The molecule has 19 heavy (non-hydrogen) atoms. The van der Waals surface area contributed by atoms with Gasteiger partial charge < -0.3 is 15.5 Å². The first-order chi connectivity index (χ1) is 9.08. The molecule has 0 bridgehead atoms. The molecule has 0 unspecified atom stereocenters. The summed E-state index contributed by atoms with van der Waals surface area (Å²) in [5, 5.41) is 5.75. The van der Waals surface area contributed by atoms with Gasteiger partial charge in [-0.3, -0.25) is 9.59 Å². The van der Waals surface area contributed by atoms with Crippen molar-refractivity contribution in [1.82, 2.24) is 10.2 Å². The molecule has 0 aliphatic carbocycles. The van der Waals surface area contributed by atoms with Gasteiger partial charge in [0.15, 0.2) is 0 Å². The third-order valence-electron chi connectivity index (χ3n) is 2.76. The summed E-state index contributed by atoms with van der Waals surface area (Å²) in [6.07, 6.45) is 0.417. The number of carbonyl (C=O) groups is 2. The van der Waals surface area contributed by atoms with E-state index in [-0.39, 0.29) is 11.8 Å². The number of carbonyl (C=O) groups excluding carboxylic acids is 2. The molecule has 2 amide bonds. The largest absolute Gasteiger partial charge is 0.340 e. The van der Waals surface area contributed by atoms with Crippen LogP contribution in [0.15, 0.2) is 24.3 Å². The molecule has 0 radical (unpaired) electrons. The molecule has 104 valence electrons. The summed E-state index contributed by atoms with van der Waals surface area (Å²) in [6, 6.07) is 6.99. The van der Waals surface area contributed by atoms with Gasteiger partial charge in [0, 0.05) is 37.8 Å². The molecule has 1 rings (SSSR count). The lowest BCUT2D eigenvalue weighted by Gasteiger charge is -2.17. The summed E-state index contributed by atoms with van der Waals surface area (Å²) in [5.74, 6) is -0.115. The number of amides is 2. The monoisotopic (exact) mass is 263 g/mol. The first kappa shape index (κ1) is 15.2. The van der Waals surface area contributed by atoms with Crippen LogP contribution < -0.4 is 10.6 Å². The predicted molar refractivity (Wildman–Crippen MR) is 76.2 cm³/mol. The highest BCUT2D eigenvalue weighted by atomic mass is 16.2. The Morgan fingerprint density at radius 3 is 2.68 bits per heavy atom. The second-order valence-electron chi connectivity index (χ2n) is 4.31. The molecule has 0 spiro atoms. The Hall–Kier alpha value is -1.88. The Morgan fingerprint density at radius 1 is 1.32 bits per heavy atom. The number of rotatable bonds is 6. The quantitative estimate of drug-likeness (QED) is 0.814. The van der Waals surface area contributed by atoms with Gasteiger partial charge in [-0.2, -0.15) is 0 Å². The van der Waals surface area contributed by atoms with Crippen molar-refractivity contribution in [2.24, 2.45) is 0 Å². The van der Waals surface area contributed by atoms with Gasteiger partial charge in [0.25, 0.3) is 5.91 Å². The maximum Gasteiger partial charge on any atom is 0.253 e. The van der Waals surface area contributed by atoms with Gasteiger partial charge in [0.1, 0.15) is 0 Å². The minimum absolute atomic E-state index is 0.0529. The maximum atomic E-state index is 12.1. The minimum Gasteiger partial charge on any atom is -0.340 e. The van der Waals surface area contributed by atoms with E-state index in [1.807, 2.05) is 7.05 Å². The van der Waals surface area contributed by atoms with E-state index in [0.29, 0.717) is 24.2 Å². The first-order valence-electron chi connectivity index (χ1n) is 6.38. The maximum absolute atomic E-state index is 12.1. The van der Waals surface area contributed by atoms with Crippen LogP contribution in [0.5, 0.6) is 0 Å². The van der Waals surface area contributed by atoms with Gasteiger partial charge in [-0.05, 0) is 25.2 Å². The van der Waals surface area contributed by atoms with Gasteiger partial charge in [-0.1, -0.05) is 13.0 Å². The van der Waals surface area contributed by atoms with Crippen molar-refractivity contribution in [2.75, 3.05) is 32.5 Å². The number of nitrogens with one attached hydrogen (secondary N) is 2. The number of nitrogens with zero attached hydrogens (tertiary/aromatic N) is 1. The molecule has 0 saturated heterocycles. The van der Waals surface area contributed by atoms with Crippen molar-refractivity contribution in [3.05, 3.63) is 29.8 Å². The van der Waals surface area contributed by atoms with Crippen molar-refractivity contribution in [1.29, 1.82) is 0 Å². The summed E-state index contributed by atoms with van der Waals surface area (Å²) in [7, 11) is 3.61. The molecule has 1 aromatic rings. The van der Waals surface area contributed by atoms with Gasteiger partial charge in [-0.15, -0.1) is 0 Å². The minimum atomic E-state index is -0.0619. The smallest absolute Gasteiger partial charge is 0.253 e.